The molecule has 3 fully saturated rings. The van der Waals surface area contributed by atoms with Gasteiger partial charge in [-0.25, -0.2) is 14.4 Å². The predicted molar refractivity (Wildman–Crippen MR) is 268 cm³/mol. The zero-order valence-electron chi connectivity index (χ0n) is 42.9. The van der Waals surface area contributed by atoms with Crippen LogP contribution in [0.5, 0.6) is 0 Å². The van der Waals surface area contributed by atoms with E-state index in [-0.39, 0.29) is 66.0 Å². The summed E-state index contributed by atoms with van der Waals surface area (Å²) in [6.07, 6.45) is -0.386. The molecule has 0 bridgehead atoms. The van der Waals surface area contributed by atoms with Gasteiger partial charge in [-0.1, -0.05) is 43.5 Å². The Kier molecular flexibility index (Phi) is 19.8. The summed E-state index contributed by atoms with van der Waals surface area (Å²) in [6.45, 7) is 15.6. The number of nitro benzene ring substituents is 2. The molecule has 3 heterocycles. The molecule has 0 spiro atoms. The first-order valence-corrected chi connectivity index (χ1v) is 24.8. The highest BCUT2D eigenvalue weighted by atomic mass is 16.6. The summed E-state index contributed by atoms with van der Waals surface area (Å²) in [5, 5.41) is 22.6. The molecule has 6 rings (SSSR count). The van der Waals surface area contributed by atoms with E-state index in [2.05, 4.69) is 13.2 Å². The number of carbonyl (C=O) groups is 4. The Morgan fingerprint density at radius 1 is 0.784 bits per heavy atom. The van der Waals surface area contributed by atoms with Gasteiger partial charge in [-0.05, 0) is 107 Å². The van der Waals surface area contributed by atoms with Crippen molar-refractivity contribution < 1.29 is 71.7 Å². The number of nitro groups is 2. The van der Waals surface area contributed by atoms with Crippen LogP contribution in [0, 0.1) is 31.6 Å². The molecule has 2 unspecified atom stereocenters. The average molecular weight is 1030 g/mol. The van der Waals surface area contributed by atoms with Crippen LogP contribution in [0.25, 0.3) is 0 Å². The number of hydrogen-bond acceptors (Lipinski definition) is 17. The molecule has 0 amide bonds. The lowest BCUT2D eigenvalue weighted by atomic mass is 9.79. The molecule has 19 nitrogen and oxygen atoms in total. The fraction of sp³-hybridized carbons (Fsp3) is 0.527. The van der Waals surface area contributed by atoms with Crippen LogP contribution >= 0.6 is 0 Å². The maximum absolute atomic E-state index is 13.7. The quantitative estimate of drug-likeness (QED) is 0.0203. The van der Waals surface area contributed by atoms with Gasteiger partial charge >= 0.3 is 23.9 Å². The van der Waals surface area contributed by atoms with E-state index in [1.807, 2.05) is 58.0 Å². The maximum atomic E-state index is 13.7. The SMILES string of the molecule is C=C1C[C@H](CCCOC(=O)C(C)(C)C)O[C@H]1CCC1C[C@@](C)(OC(=O)COC)C(=C)C(C[C@@H]2O[C@H](C[C@@H](COC(=O)c3ccc([N+](=O)[O-])cc3)OC(=O)c3ccc([N+](=O)[O-])cc3)[C@H](OC)[C@H]2Cc2ccccc2)O1. The molecule has 0 saturated carbocycles. The molecular formula is C55H68N2O17. The Hall–Kier alpha value is -6.38. The van der Waals surface area contributed by atoms with Crippen molar-refractivity contribution >= 4 is 35.3 Å². The molecule has 74 heavy (non-hydrogen) atoms. The lowest BCUT2D eigenvalue weighted by Gasteiger charge is -2.45. The summed E-state index contributed by atoms with van der Waals surface area (Å²) in [7, 11) is 2.96. The van der Waals surface area contributed by atoms with E-state index < -0.39 is 82.0 Å². The van der Waals surface area contributed by atoms with Gasteiger partial charge in [0.2, 0.25) is 0 Å². The Balaban J connectivity index is 1.22. The highest BCUT2D eigenvalue weighted by Gasteiger charge is 2.50. The van der Waals surface area contributed by atoms with Crippen molar-refractivity contribution in [1.82, 2.24) is 0 Å². The van der Waals surface area contributed by atoms with Gasteiger partial charge in [0.25, 0.3) is 11.4 Å². The Bertz CT molecular complexity index is 2460. The monoisotopic (exact) mass is 1030 g/mol. The summed E-state index contributed by atoms with van der Waals surface area (Å²) in [5.41, 5.74) is 0.314. The third-order valence-corrected chi connectivity index (χ3v) is 13.7. The first-order chi connectivity index (χ1) is 35.2. The van der Waals surface area contributed by atoms with Crippen molar-refractivity contribution in [1.29, 1.82) is 0 Å². The number of hydrogen-bond donors (Lipinski definition) is 0. The minimum atomic E-state index is -1.16. The fourth-order valence-electron chi connectivity index (χ4n) is 9.72. The molecule has 3 aromatic carbocycles. The van der Waals surface area contributed by atoms with Gasteiger partial charge in [0, 0.05) is 63.7 Å². The minimum Gasteiger partial charge on any atom is -0.465 e. The second-order valence-electron chi connectivity index (χ2n) is 20.3. The van der Waals surface area contributed by atoms with Gasteiger partial charge in [-0.2, -0.15) is 0 Å². The number of carbonyl (C=O) groups excluding carboxylic acids is 4. The van der Waals surface area contributed by atoms with E-state index >= 15 is 0 Å². The first-order valence-electron chi connectivity index (χ1n) is 24.8. The zero-order chi connectivity index (χ0) is 53.7. The molecule has 0 aromatic heterocycles. The van der Waals surface area contributed by atoms with E-state index in [1.165, 1.54) is 55.6 Å². The van der Waals surface area contributed by atoms with Gasteiger partial charge in [0.05, 0.1) is 75.7 Å². The van der Waals surface area contributed by atoms with Crippen LogP contribution in [0.3, 0.4) is 0 Å². The third-order valence-electron chi connectivity index (χ3n) is 13.7. The molecular weight excluding hydrogens is 961 g/mol. The van der Waals surface area contributed by atoms with Gasteiger partial charge < -0.3 is 42.6 Å². The largest absolute Gasteiger partial charge is 0.465 e. The number of nitrogens with zero attached hydrogens (tertiary/aromatic N) is 2. The molecule has 0 radical (unpaired) electrons. The van der Waals surface area contributed by atoms with Crippen LogP contribution in [-0.4, -0.2) is 122 Å². The van der Waals surface area contributed by atoms with E-state index in [9.17, 15) is 39.4 Å². The smallest absolute Gasteiger partial charge is 0.338 e. The number of non-ortho nitro benzene ring substituents is 2. The van der Waals surface area contributed by atoms with Crippen LogP contribution in [0.4, 0.5) is 11.4 Å². The van der Waals surface area contributed by atoms with E-state index in [0.717, 1.165) is 11.1 Å². The standard InChI is InChI=1S/C55H68N2O17/c1-34-27-41(15-12-26-68-53(61)54(3,4)5)70-45(34)25-24-42-31-55(6,74-49(58)33-66-7)35(2)46(71-42)30-47-44(28-36-13-10-9-11-14-36)50(67-8)48(73-47)29-43(72-52(60)38-18-22-40(23-19-38)57(64)65)32-69-51(59)37-16-20-39(21-17-37)56(62)63/h9-11,13-14,16-23,41-48,50H,1-2,12,15,24-33H2,3-8H3/t41-,42?,43-,44-,45-,46?,47-,48+,50+,55+/m0/s1. The van der Waals surface area contributed by atoms with E-state index in [0.29, 0.717) is 57.1 Å². The molecule has 10 atom stereocenters. The highest BCUT2D eigenvalue weighted by Crippen LogP contribution is 2.44. The van der Waals surface area contributed by atoms with Crippen LogP contribution in [-0.2, 0) is 58.6 Å². The Labute approximate surface area is 431 Å². The molecule has 3 aromatic rings. The molecule has 400 valence electrons. The number of methoxy groups -OCH3 is 2. The van der Waals surface area contributed by atoms with Crippen molar-refractivity contribution in [3.05, 3.63) is 140 Å². The summed E-state index contributed by atoms with van der Waals surface area (Å²) in [5.74, 6) is -2.82. The molecule has 3 saturated heterocycles. The number of rotatable bonds is 24. The van der Waals surface area contributed by atoms with Crippen molar-refractivity contribution in [2.75, 3.05) is 34.0 Å². The second-order valence-corrected chi connectivity index (χ2v) is 20.3. The predicted octanol–water partition coefficient (Wildman–Crippen LogP) is 8.83. The maximum Gasteiger partial charge on any atom is 0.338 e. The van der Waals surface area contributed by atoms with Crippen LogP contribution in [0.1, 0.15) is 105 Å². The average Bonchev–Trinajstić information content (AvgIpc) is 3.88. The molecule has 19 heteroatoms. The lowest BCUT2D eigenvalue weighted by Crippen LogP contribution is -2.50. The van der Waals surface area contributed by atoms with Gasteiger partial charge in [-0.15, -0.1) is 0 Å². The van der Waals surface area contributed by atoms with Crippen molar-refractivity contribution in [2.45, 2.75) is 140 Å². The second kappa shape index (κ2) is 25.7. The lowest BCUT2D eigenvalue weighted by molar-refractivity contribution is -0.385. The van der Waals surface area contributed by atoms with Crippen LogP contribution < -0.4 is 0 Å². The number of esters is 4. The Morgan fingerprint density at radius 3 is 2.00 bits per heavy atom. The number of ether oxygens (including phenoxy) is 9. The van der Waals surface area contributed by atoms with Crippen LogP contribution in [0.2, 0.25) is 0 Å². The van der Waals surface area contributed by atoms with Crippen molar-refractivity contribution in [2.24, 2.45) is 11.3 Å². The summed E-state index contributed by atoms with van der Waals surface area (Å²) >= 11 is 0. The molecule has 0 aliphatic carbocycles. The Morgan fingerprint density at radius 2 is 1.41 bits per heavy atom. The third kappa shape index (κ3) is 15.3. The van der Waals surface area contributed by atoms with Gasteiger partial charge in [0.15, 0.2) is 0 Å². The van der Waals surface area contributed by atoms with Crippen molar-refractivity contribution in [3.8, 4) is 0 Å². The fourth-order valence-corrected chi connectivity index (χ4v) is 9.72. The van der Waals surface area contributed by atoms with Crippen LogP contribution in [0.15, 0.2) is 103 Å². The summed E-state index contributed by atoms with van der Waals surface area (Å²) in [4.78, 5) is 73.7. The minimum absolute atomic E-state index is 0.00838. The molecule has 0 N–H and O–H groups in total. The number of benzene rings is 3. The highest BCUT2D eigenvalue weighted by molar-refractivity contribution is 5.90. The molecule has 3 aliphatic heterocycles. The van der Waals surface area contributed by atoms with E-state index in [1.54, 1.807) is 7.11 Å². The van der Waals surface area contributed by atoms with Gasteiger partial charge in [-0.3, -0.25) is 25.0 Å². The summed E-state index contributed by atoms with van der Waals surface area (Å²) < 4.78 is 54.9. The topological polar surface area (TPSA) is 238 Å². The summed E-state index contributed by atoms with van der Waals surface area (Å²) in [6, 6.07) is 19.4. The zero-order valence-corrected chi connectivity index (χ0v) is 42.9. The van der Waals surface area contributed by atoms with Crippen molar-refractivity contribution in [3.63, 3.8) is 0 Å². The molecule has 3 aliphatic rings. The normalized spacial score (nSPS) is 25.2. The van der Waals surface area contributed by atoms with Gasteiger partial charge in [0.1, 0.15) is 24.9 Å². The van der Waals surface area contributed by atoms with E-state index in [4.69, 9.17) is 42.6 Å². The first kappa shape index (κ1) is 56.9.